The SMILES string of the molecule is CC.CC.CCOC1(OC)CC/C(=C(/N)CC)C(=Nc2cccc(C)c2C)C1. The minimum atomic E-state index is -0.594. The molecule has 0 radical (unpaired) electrons. The largest absolute Gasteiger partial charge is 0.402 e. The van der Waals surface area contributed by atoms with E-state index in [1.54, 1.807) is 7.11 Å². The van der Waals surface area contributed by atoms with Crippen LogP contribution in [0, 0.1) is 13.8 Å². The molecule has 1 fully saturated rings. The van der Waals surface area contributed by atoms with Gasteiger partial charge in [0.1, 0.15) is 0 Å². The van der Waals surface area contributed by atoms with E-state index in [0.717, 1.165) is 41.9 Å². The van der Waals surface area contributed by atoms with Gasteiger partial charge in [-0.05, 0) is 56.4 Å². The van der Waals surface area contributed by atoms with Gasteiger partial charge < -0.3 is 15.2 Å². The maximum Gasteiger partial charge on any atom is 0.173 e. The van der Waals surface area contributed by atoms with Crippen molar-refractivity contribution < 1.29 is 9.47 Å². The minimum absolute atomic E-state index is 0.594. The highest BCUT2D eigenvalue weighted by Crippen LogP contribution is 2.36. The molecule has 0 bridgehead atoms. The molecule has 0 saturated heterocycles. The van der Waals surface area contributed by atoms with Gasteiger partial charge in [0.05, 0.1) is 11.4 Å². The van der Waals surface area contributed by atoms with Crippen molar-refractivity contribution in [3.05, 3.63) is 40.6 Å². The zero-order chi connectivity index (χ0) is 21.7. The lowest BCUT2D eigenvalue weighted by Crippen LogP contribution is -2.41. The van der Waals surface area contributed by atoms with Crippen LogP contribution in [0.4, 0.5) is 5.69 Å². The van der Waals surface area contributed by atoms with Crippen molar-refractivity contribution in [2.75, 3.05) is 13.7 Å². The van der Waals surface area contributed by atoms with Crippen molar-refractivity contribution in [3.63, 3.8) is 0 Å². The van der Waals surface area contributed by atoms with Crippen molar-refractivity contribution in [3.8, 4) is 0 Å². The Hall–Kier alpha value is -1.65. The van der Waals surface area contributed by atoms with Crippen LogP contribution in [0.1, 0.15) is 78.4 Å². The van der Waals surface area contributed by atoms with Crippen molar-refractivity contribution in [1.29, 1.82) is 0 Å². The second-order valence-electron chi connectivity index (χ2n) is 6.36. The highest BCUT2D eigenvalue weighted by molar-refractivity contribution is 6.03. The second-order valence-corrected chi connectivity index (χ2v) is 6.36. The van der Waals surface area contributed by atoms with E-state index in [0.29, 0.717) is 13.0 Å². The molecule has 1 aliphatic rings. The number of nitrogens with zero attached hydrogens (tertiary/aromatic N) is 1. The lowest BCUT2D eigenvalue weighted by molar-refractivity contribution is -0.220. The fraction of sp³-hybridized carbons (Fsp3) is 0.625. The van der Waals surface area contributed by atoms with E-state index in [1.807, 2.05) is 40.7 Å². The number of allylic oxidation sites excluding steroid dienone is 2. The summed E-state index contributed by atoms with van der Waals surface area (Å²) in [6.45, 7) is 16.9. The van der Waals surface area contributed by atoms with Crippen LogP contribution in [0.3, 0.4) is 0 Å². The van der Waals surface area contributed by atoms with E-state index in [9.17, 15) is 0 Å². The number of methoxy groups -OCH3 is 1. The molecule has 4 nitrogen and oxygen atoms in total. The zero-order valence-corrected chi connectivity index (χ0v) is 19.6. The van der Waals surface area contributed by atoms with Crippen LogP contribution in [0.2, 0.25) is 0 Å². The van der Waals surface area contributed by atoms with E-state index < -0.39 is 5.79 Å². The fourth-order valence-electron chi connectivity index (χ4n) is 3.20. The van der Waals surface area contributed by atoms with Gasteiger partial charge in [-0.1, -0.05) is 46.8 Å². The normalized spacial score (nSPS) is 22.0. The van der Waals surface area contributed by atoms with Crippen LogP contribution in [-0.2, 0) is 9.47 Å². The Morgan fingerprint density at radius 1 is 1.14 bits per heavy atom. The Bertz CT molecular complexity index is 650. The fourth-order valence-corrected chi connectivity index (χ4v) is 3.20. The number of rotatable bonds is 5. The molecular weight excluding hydrogens is 348 g/mol. The average molecular weight is 391 g/mol. The summed E-state index contributed by atoms with van der Waals surface area (Å²) in [6.07, 6.45) is 3.09. The number of ether oxygens (including phenoxy) is 2. The van der Waals surface area contributed by atoms with Gasteiger partial charge in [-0.2, -0.15) is 0 Å². The third-order valence-corrected chi connectivity index (χ3v) is 4.92. The van der Waals surface area contributed by atoms with Gasteiger partial charge in [0, 0.05) is 32.3 Å². The molecule has 2 N–H and O–H groups in total. The molecule has 1 atom stereocenters. The quantitative estimate of drug-likeness (QED) is 0.575. The molecule has 0 heterocycles. The molecule has 0 spiro atoms. The molecule has 2 rings (SSSR count). The highest BCUT2D eigenvalue weighted by atomic mass is 16.7. The highest BCUT2D eigenvalue weighted by Gasteiger charge is 2.38. The number of nitrogens with two attached hydrogens (primary N) is 1. The Labute approximate surface area is 173 Å². The molecule has 0 amide bonds. The summed E-state index contributed by atoms with van der Waals surface area (Å²) in [5.74, 6) is -0.594. The Balaban J connectivity index is 0.00000171. The van der Waals surface area contributed by atoms with E-state index in [2.05, 4.69) is 32.9 Å². The van der Waals surface area contributed by atoms with Gasteiger partial charge in [-0.15, -0.1) is 0 Å². The van der Waals surface area contributed by atoms with Gasteiger partial charge in [0.25, 0.3) is 0 Å². The summed E-state index contributed by atoms with van der Waals surface area (Å²) in [5, 5.41) is 0. The molecule has 0 aromatic heterocycles. The molecule has 1 aromatic rings. The van der Waals surface area contributed by atoms with Crippen molar-refractivity contribution in [2.45, 2.75) is 86.9 Å². The van der Waals surface area contributed by atoms with Crippen LogP contribution >= 0.6 is 0 Å². The topological polar surface area (TPSA) is 56.8 Å². The molecule has 1 unspecified atom stereocenters. The first-order valence-electron chi connectivity index (χ1n) is 10.8. The maximum atomic E-state index is 6.28. The second kappa shape index (κ2) is 13.5. The molecular formula is C24H42N2O2. The third kappa shape index (κ3) is 6.75. The standard InChI is InChI=1S/C20H30N2O2.2C2H6/c1-6-17(21)16-11-12-20(23-5,24-7-2)13-19(16)22-18-10-8-9-14(3)15(18)4;2*1-2/h8-10H,6-7,11-13,21H2,1-5H3;2*1-2H3/b17-16-,22-19?;;. The molecule has 160 valence electrons. The van der Waals surface area contributed by atoms with Crippen molar-refractivity contribution in [2.24, 2.45) is 10.7 Å². The first kappa shape index (κ1) is 26.4. The van der Waals surface area contributed by atoms with Gasteiger partial charge in [0.15, 0.2) is 5.79 Å². The summed E-state index contributed by atoms with van der Waals surface area (Å²) in [5.41, 5.74) is 12.8. The summed E-state index contributed by atoms with van der Waals surface area (Å²) in [7, 11) is 1.71. The number of hydrogen-bond donors (Lipinski definition) is 1. The smallest absolute Gasteiger partial charge is 0.173 e. The molecule has 4 heteroatoms. The molecule has 1 aromatic carbocycles. The molecule has 1 saturated carbocycles. The van der Waals surface area contributed by atoms with Crippen LogP contribution < -0.4 is 5.73 Å². The summed E-state index contributed by atoms with van der Waals surface area (Å²) >= 11 is 0. The average Bonchev–Trinajstić information content (AvgIpc) is 2.74. The van der Waals surface area contributed by atoms with Gasteiger partial charge in [-0.3, -0.25) is 4.99 Å². The van der Waals surface area contributed by atoms with Gasteiger partial charge in [0.2, 0.25) is 0 Å². The molecule has 0 aliphatic heterocycles. The lowest BCUT2D eigenvalue weighted by Gasteiger charge is -2.37. The van der Waals surface area contributed by atoms with Crippen molar-refractivity contribution >= 4 is 11.4 Å². The predicted octanol–water partition coefficient (Wildman–Crippen LogP) is 6.61. The van der Waals surface area contributed by atoms with Crippen LogP contribution in [0.5, 0.6) is 0 Å². The zero-order valence-electron chi connectivity index (χ0n) is 19.6. The number of aliphatic imine (C=N–C) groups is 1. The van der Waals surface area contributed by atoms with Crippen LogP contribution in [0.25, 0.3) is 0 Å². The Morgan fingerprint density at radius 3 is 2.32 bits per heavy atom. The van der Waals surface area contributed by atoms with Crippen LogP contribution in [0.15, 0.2) is 34.5 Å². The third-order valence-electron chi connectivity index (χ3n) is 4.92. The van der Waals surface area contributed by atoms with E-state index in [4.69, 9.17) is 20.2 Å². The minimum Gasteiger partial charge on any atom is -0.402 e. The number of hydrogen-bond acceptors (Lipinski definition) is 4. The summed E-state index contributed by atoms with van der Waals surface area (Å²) < 4.78 is 11.7. The van der Waals surface area contributed by atoms with E-state index in [-0.39, 0.29) is 0 Å². The number of benzene rings is 1. The van der Waals surface area contributed by atoms with E-state index >= 15 is 0 Å². The predicted molar refractivity (Wildman–Crippen MR) is 122 cm³/mol. The Morgan fingerprint density at radius 2 is 1.79 bits per heavy atom. The van der Waals surface area contributed by atoms with Crippen LogP contribution in [-0.4, -0.2) is 25.2 Å². The summed E-state index contributed by atoms with van der Waals surface area (Å²) in [4.78, 5) is 4.97. The van der Waals surface area contributed by atoms with Gasteiger partial charge >= 0.3 is 0 Å². The van der Waals surface area contributed by atoms with Gasteiger partial charge in [-0.25, -0.2) is 0 Å². The van der Waals surface area contributed by atoms with Crippen molar-refractivity contribution in [1.82, 2.24) is 0 Å². The Kier molecular flexibility index (Phi) is 12.7. The first-order chi connectivity index (χ1) is 13.5. The molecule has 1 aliphatic carbocycles. The van der Waals surface area contributed by atoms with E-state index in [1.165, 1.54) is 11.1 Å². The maximum absolute atomic E-state index is 6.28. The summed E-state index contributed by atoms with van der Waals surface area (Å²) in [6, 6.07) is 6.21. The lowest BCUT2D eigenvalue weighted by atomic mass is 9.85. The molecule has 28 heavy (non-hydrogen) atoms. The monoisotopic (exact) mass is 390 g/mol. The first-order valence-corrected chi connectivity index (χ1v) is 10.8. The number of aryl methyl sites for hydroxylation is 1.